The highest BCUT2D eigenvalue weighted by atomic mass is 16.3. The predicted octanol–water partition coefficient (Wildman–Crippen LogP) is 1.60. The van der Waals surface area contributed by atoms with Crippen LogP contribution in [0.5, 0.6) is 0 Å². The normalized spacial score (nSPS) is 23.1. The van der Waals surface area contributed by atoms with Crippen LogP contribution in [0.3, 0.4) is 0 Å². The number of rotatable bonds is 7. The van der Waals surface area contributed by atoms with Gasteiger partial charge in [-0.3, -0.25) is 9.69 Å². The number of carbonyl (C=O) groups excluding carboxylic acids is 1. The molecule has 0 aromatic heterocycles. The molecule has 2 fully saturated rings. The molecule has 1 saturated heterocycles. The van der Waals surface area contributed by atoms with Crippen molar-refractivity contribution in [3.05, 3.63) is 0 Å². The summed E-state index contributed by atoms with van der Waals surface area (Å²) in [5.41, 5.74) is 0. The van der Waals surface area contributed by atoms with Crippen molar-refractivity contribution in [3.8, 4) is 0 Å². The molecular formula is C18H35N3O2. The molecule has 1 unspecified atom stereocenters. The Morgan fingerprint density at radius 1 is 1.22 bits per heavy atom. The molecule has 1 heterocycles. The van der Waals surface area contributed by atoms with E-state index in [1.807, 2.05) is 6.92 Å². The lowest BCUT2D eigenvalue weighted by Gasteiger charge is -2.36. The zero-order valence-electron chi connectivity index (χ0n) is 15.0. The molecule has 1 amide bonds. The fraction of sp³-hybridized carbons (Fsp3) is 0.944. The molecule has 0 aromatic rings. The van der Waals surface area contributed by atoms with Gasteiger partial charge in [0.05, 0.1) is 12.6 Å². The standard InChI is InChI=1S/C18H35N3O2/c1-3-20-11-9-16(10-12-20)19-18(23)14-21(13-15(2)22)17-7-5-4-6-8-17/h15-17,22H,3-14H2,1-2H3,(H,19,23). The van der Waals surface area contributed by atoms with Crippen molar-refractivity contribution in [2.24, 2.45) is 0 Å². The largest absolute Gasteiger partial charge is 0.392 e. The van der Waals surface area contributed by atoms with Crippen LogP contribution in [0.2, 0.25) is 0 Å². The highest BCUT2D eigenvalue weighted by Crippen LogP contribution is 2.22. The van der Waals surface area contributed by atoms with E-state index in [-0.39, 0.29) is 12.0 Å². The first-order valence-corrected chi connectivity index (χ1v) is 9.52. The van der Waals surface area contributed by atoms with Gasteiger partial charge in [0, 0.05) is 31.7 Å². The van der Waals surface area contributed by atoms with Gasteiger partial charge in [-0.2, -0.15) is 0 Å². The fourth-order valence-electron chi connectivity index (χ4n) is 3.98. The summed E-state index contributed by atoms with van der Waals surface area (Å²) >= 11 is 0. The van der Waals surface area contributed by atoms with Gasteiger partial charge >= 0.3 is 0 Å². The molecule has 0 spiro atoms. The minimum atomic E-state index is -0.377. The number of hydrogen-bond donors (Lipinski definition) is 2. The Hall–Kier alpha value is -0.650. The highest BCUT2D eigenvalue weighted by Gasteiger charge is 2.25. The Morgan fingerprint density at radius 2 is 1.87 bits per heavy atom. The minimum absolute atomic E-state index is 0.131. The first-order valence-electron chi connectivity index (χ1n) is 9.52. The number of nitrogens with zero attached hydrogens (tertiary/aromatic N) is 2. The molecule has 0 bridgehead atoms. The summed E-state index contributed by atoms with van der Waals surface area (Å²) in [6, 6.07) is 0.788. The summed E-state index contributed by atoms with van der Waals surface area (Å²) < 4.78 is 0. The van der Waals surface area contributed by atoms with E-state index in [2.05, 4.69) is 22.0 Å². The van der Waals surface area contributed by atoms with Gasteiger partial charge < -0.3 is 15.3 Å². The van der Waals surface area contributed by atoms with Crippen LogP contribution in [0.15, 0.2) is 0 Å². The first-order chi connectivity index (χ1) is 11.1. The minimum Gasteiger partial charge on any atom is -0.392 e. The van der Waals surface area contributed by atoms with Crippen LogP contribution in [-0.2, 0) is 4.79 Å². The van der Waals surface area contributed by atoms with E-state index in [1.54, 1.807) is 0 Å². The first kappa shape index (κ1) is 18.7. The Morgan fingerprint density at radius 3 is 2.43 bits per heavy atom. The van der Waals surface area contributed by atoms with Crippen LogP contribution in [-0.4, -0.2) is 71.7 Å². The number of piperidine rings is 1. The number of carbonyl (C=O) groups is 1. The maximum Gasteiger partial charge on any atom is 0.234 e. The molecule has 1 aliphatic carbocycles. The SMILES string of the molecule is CCN1CCC(NC(=O)CN(CC(C)O)C2CCCCC2)CC1. The van der Waals surface area contributed by atoms with Gasteiger partial charge in [-0.15, -0.1) is 0 Å². The number of aliphatic hydroxyl groups is 1. The second-order valence-electron chi connectivity index (χ2n) is 7.35. The molecule has 2 aliphatic rings. The van der Waals surface area contributed by atoms with Crippen LogP contribution in [0.4, 0.5) is 0 Å². The van der Waals surface area contributed by atoms with Crippen molar-refractivity contribution in [1.82, 2.24) is 15.1 Å². The molecule has 0 radical (unpaired) electrons. The summed E-state index contributed by atoms with van der Waals surface area (Å²) in [5.74, 6) is 0.131. The highest BCUT2D eigenvalue weighted by molar-refractivity contribution is 5.78. The van der Waals surface area contributed by atoms with Gasteiger partial charge in [0.2, 0.25) is 5.91 Å². The lowest BCUT2D eigenvalue weighted by molar-refractivity contribution is -0.124. The third-order valence-electron chi connectivity index (χ3n) is 5.34. The second-order valence-corrected chi connectivity index (χ2v) is 7.35. The van der Waals surface area contributed by atoms with E-state index in [0.717, 1.165) is 45.3 Å². The molecule has 1 aliphatic heterocycles. The second kappa shape index (κ2) is 9.60. The maximum absolute atomic E-state index is 12.4. The van der Waals surface area contributed by atoms with Crippen molar-refractivity contribution in [2.45, 2.75) is 77.0 Å². The topological polar surface area (TPSA) is 55.8 Å². The van der Waals surface area contributed by atoms with E-state index in [0.29, 0.717) is 25.2 Å². The molecule has 5 heteroatoms. The third-order valence-corrected chi connectivity index (χ3v) is 5.34. The smallest absolute Gasteiger partial charge is 0.234 e. The molecule has 23 heavy (non-hydrogen) atoms. The predicted molar refractivity (Wildman–Crippen MR) is 93.4 cm³/mol. The van der Waals surface area contributed by atoms with E-state index in [9.17, 15) is 9.90 Å². The molecule has 1 saturated carbocycles. The van der Waals surface area contributed by atoms with Crippen molar-refractivity contribution in [1.29, 1.82) is 0 Å². The molecule has 5 nitrogen and oxygen atoms in total. The number of hydrogen-bond acceptors (Lipinski definition) is 4. The van der Waals surface area contributed by atoms with Gasteiger partial charge in [-0.05, 0) is 39.2 Å². The monoisotopic (exact) mass is 325 g/mol. The molecule has 2 rings (SSSR count). The lowest BCUT2D eigenvalue weighted by Crippen LogP contribution is -2.50. The van der Waals surface area contributed by atoms with Gasteiger partial charge in [0.25, 0.3) is 0 Å². The number of amides is 1. The molecule has 1 atom stereocenters. The van der Waals surface area contributed by atoms with Crippen LogP contribution < -0.4 is 5.32 Å². The molecule has 2 N–H and O–H groups in total. The Balaban J connectivity index is 1.79. The zero-order chi connectivity index (χ0) is 16.7. The van der Waals surface area contributed by atoms with Crippen molar-refractivity contribution >= 4 is 5.91 Å². The van der Waals surface area contributed by atoms with E-state index in [1.165, 1.54) is 19.3 Å². The Labute approximate surface area is 141 Å². The molecule has 0 aromatic carbocycles. The van der Waals surface area contributed by atoms with Crippen LogP contribution >= 0.6 is 0 Å². The summed E-state index contributed by atoms with van der Waals surface area (Å²) in [6.45, 7) is 8.31. The molecule has 134 valence electrons. The van der Waals surface area contributed by atoms with E-state index < -0.39 is 0 Å². The van der Waals surface area contributed by atoms with Gasteiger partial charge in [-0.1, -0.05) is 26.2 Å². The Bertz CT molecular complexity index is 348. The van der Waals surface area contributed by atoms with Crippen LogP contribution in [0.1, 0.15) is 58.8 Å². The van der Waals surface area contributed by atoms with Gasteiger partial charge in [-0.25, -0.2) is 0 Å². The van der Waals surface area contributed by atoms with Crippen molar-refractivity contribution in [3.63, 3.8) is 0 Å². The number of aliphatic hydroxyl groups excluding tert-OH is 1. The summed E-state index contributed by atoms with van der Waals surface area (Å²) in [7, 11) is 0. The van der Waals surface area contributed by atoms with Crippen LogP contribution in [0.25, 0.3) is 0 Å². The number of likely N-dealkylation sites (tertiary alicyclic amines) is 1. The third kappa shape index (κ3) is 6.40. The number of nitrogens with one attached hydrogen (secondary N) is 1. The summed E-state index contributed by atoms with van der Waals surface area (Å²) in [4.78, 5) is 17.1. The van der Waals surface area contributed by atoms with Gasteiger partial charge in [0.15, 0.2) is 0 Å². The van der Waals surface area contributed by atoms with Crippen LogP contribution in [0, 0.1) is 0 Å². The van der Waals surface area contributed by atoms with Crippen molar-refractivity contribution in [2.75, 3.05) is 32.7 Å². The lowest BCUT2D eigenvalue weighted by atomic mass is 9.94. The van der Waals surface area contributed by atoms with Gasteiger partial charge in [0.1, 0.15) is 0 Å². The molecular weight excluding hydrogens is 290 g/mol. The van der Waals surface area contributed by atoms with E-state index in [4.69, 9.17) is 0 Å². The quantitative estimate of drug-likeness (QED) is 0.746. The summed E-state index contributed by atoms with van der Waals surface area (Å²) in [6.07, 6.45) is 7.86. The zero-order valence-corrected chi connectivity index (χ0v) is 15.0. The fourth-order valence-corrected chi connectivity index (χ4v) is 3.98. The maximum atomic E-state index is 12.4. The average Bonchev–Trinajstić information content (AvgIpc) is 2.55. The average molecular weight is 325 g/mol. The van der Waals surface area contributed by atoms with Crippen molar-refractivity contribution < 1.29 is 9.90 Å². The summed E-state index contributed by atoms with van der Waals surface area (Å²) in [5, 5.41) is 13.0. The Kier molecular flexibility index (Phi) is 7.80. The van der Waals surface area contributed by atoms with E-state index >= 15 is 0 Å².